The highest BCUT2D eigenvalue weighted by Gasteiger charge is 2.22. The SMILES string of the molecule is O=C(CSc1nc2ccccc2c(=O)n1C1CCCCC1)Nc1ccc(S(=O)(=O)Nc2ccc(Cl)nn2)cc1. The smallest absolute Gasteiger partial charge is 0.263 e. The summed E-state index contributed by atoms with van der Waals surface area (Å²) in [5.41, 5.74) is 0.958. The van der Waals surface area contributed by atoms with Crippen molar-refractivity contribution in [1.82, 2.24) is 19.7 Å². The Labute approximate surface area is 234 Å². The first-order chi connectivity index (χ1) is 18.8. The van der Waals surface area contributed by atoms with Gasteiger partial charge < -0.3 is 5.32 Å². The first-order valence-electron chi connectivity index (χ1n) is 12.4. The van der Waals surface area contributed by atoms with Crippen LogP contribution in [-0.2, 0) is 14.8 Å². The van der Waals surface area contributed by atoms with E-state index >= 15 is 0 Å². The van der Waals surface area contributed by atoms with Crippen LogP contribution in [0.25, 0.3) is 10.9 Å². The van der Waals surface area contributed by atoms with E-state index in [0.29, 0.717) is 21.7 Å². The number of aromatic nitrogens is 4. The maximum absolute atomic E-state index is 13.4. The van der Waals surface area contributed by atoms with Crippen molar-refractivity contribution in [2.45, 2.75) is 48.2 Å². The summed E-state index contributed by atoms with van der Waals surface area (Å²) in [5.74, 6) is -0.237. The minimum absolute atomic E-state index is 0.0107. The van der Waals surface area contributed by atoms with E-state index in [4.69, 9.17) is 16.6 Å². The molecule has 1 amide bonds. The van der Waals surface area contributed by atoms with Crippen LogP contribution in [0.15, 0.2) is 75.5 Å². The van der Waals surface area contributed by atoms with Crippen LogP contribution in [0.4, 0.5) is 11.5 Å². The molecule has 2 aromatic carbocycles. The number of amides is 1. The van der Waals surface area contributed by atoms with Crippen LogP contribution in [0.3, 0.4) is 0 Å². The number of carbonyl (C=O) groups excluding carboxylic acids is 1. The van der Waals surface area contributed by atoms with Crippen molar-refractivity contribution in [3.63, 3.8) is 0 Å². The van der Waals surface area contributed by atoms with Gasteiger partial charge in [-0.15, -0.1) is 10.2 Å². The van der Waals surface area contributed by atoms with Crippen LogP contribution in [0, 0.1) is 0 Å². The van der Waals surface area contributed by atoms with Crippen LogP contribution >= 0.6 is 23.4 Å². The summed E-state index contributed by atoms with van der Waals surface area (Å²) in [6.07, 6.45) is 5.09. The summed E-state index contributed by atoms with van der Waals surface area (Å²) >= 11 is 6.90. The highest BCUT2D eigenvalue weighted by Crippen LogP contribution is 2.31. The summed E-state index contributed by atoms with van der Waals surface area (Å²) in [4.78, 5) is 30.9. The fourth-order valence-corrected chi connectivity index (χ4v) is 6.46. The molecule has 1 aliphatic rings. The standard InChI is InChI=1S/C26H25ClN6O4S2/c27-22-14-15-23(31-30-22)32-39(36,37)19-12-10-17(11-13-19)28-24(34)16-38-26-29-21-9-5-4-8-20(21)25(35)33(26)18-6-2-1-3-7-18/h4-5,8-15,18H,1-3,6-7,16H2,(H,28,34)(H,31,32). The van der Waals surface area contributed by atoms with Gasteiger partial charge in [-0.05, 0) is 61.4 Å². The van der Waals surface area contributed by atoms with Crippen LogP contribution in [0.1, 0.15) is 38.1 Å². The quantitative estimate of drug-likeness (QED) is 0.221. The normalized spacial score (nSPS) is 14.3. The number of nitrogens with zero attached hydrogens (tertiary/aromatic N) is 4. The molecule has 10 nitrogen and oxygen atoms in total. The van der Waals surface area contributed by atoms with Gasteiger partial charge in [0.15, 0.2) is 16.1 Å². The number of fused-ring (bicyclic) bond motifs is 1. The van der Waals surface area contributed by atoms with E-state index in [1.807, 2.05) is 12.1 Å². The Kier molecular flexibility index (Phi) is 8.15. The fraction of sp³-hybridized carbons (Fsp3) is 0.269. The number of para-hydroxylation sites is 1. The van der Waals surface area contributed by atoms with E-state index in [0.717, 1.165) is 32.1 Å². The van der Waals surface area contributed by atoms with Gasteiger partial charge in [-0.2, -0.15) is 0 Å². The Morgan fingerprint density at radius 2 is 1.74 bits per heavy atom. The summed E-state index contributed by atoms with van der Waals surface area (Å²) in [7, 11) is -3.91. The van der Waals surface area contributed by atoms with Crippen LogP contribution < -0.4 is 15.6 Å². The Hall–Kier alpha value is -3.48. The van der Waals surface area contributed by atoms with Gasteiger partial charge in [0.25, 0.3) is 15.6 Å². The van der Waals surface area contributed by atoms with Crippen LogP contribution in [-0.4, -0.2) is 39.8 Å². The Morgan fingerprint density at radius 3 is 2.46 bits per heavy atom. The zero-order valence-corrected chi connectivity index (χ0v) is 23.1. The van der Waals surface area contributed by atoms with E-state index in [1.54, 1.807) is 16.7 Å². The predicted molar refractivity (Wildman–Crippen MR) is 152 cm³/mol. The molecule has 0 bridgehead atoms. The van der Waals surface area contributed by atoms with Gasteiger partial charge in [-0.1, -0.05) is 54.8 Å². The summed E-state index contributed by atoms with van der Waals surface area (Å²) < 4.78 is 29.3. The molecule has 0 aliphatic heterocycles. The minimum Gasteiger partial charge on any atom is -0.325 e. The third-order valence-electron chi connectivity index (χ3n) is 6.37. The Bertz CT molecular complexity index is 1660. The monoisotopic (exact) mass is 584 g/mol. The fourth-order valence-electron chi connectivity index (χ4n) is 4.50. The largest absolute Gasteiger partial charge is 0.325 e. The van der Waals surface area contributed by atoms with Gasteiger partial charge >= 0.3 is 0 Å². The minimum atomic E-state index is -3.91. The molecule has 0 radical (unpaired) electrons. The lowest BCUT2D eigenvalue weighted by atomic mass is 9.95. The van der Waals surface area contributed by atoms with Gasteiger partial charge in [0.2, 0.25) is 5.91 Å². The second-order valence-corrected chi connectivity index (χ2v) is 12.1. The average Bonchev–Trinajstić information content (AvgIpc) is 2.94. The number of hydrogen-bond donors (Lipinski definition) is 2. The summed E-state index contributed by atoms with van der Waals surface area (Å²) in [6.45, 7) is 0. The number of nitrogens with one attached hydrogen (secondary N) is 2. The number of halogens is 1. The lowest BCUT2D eigenvalue weighted by Gasteiger charge is -2.26. The van der Waals surface area contributed by atoms with Crippen molar-refractivity contribution < 1.29 is 13.2 Å². The van der Waals surface area contributed by atoms with Gasteiger partial charge in [-0.25, -0.2) is 13.4 Å². The van der Waals surface area contributed by atoms with Crippen molar-refractivity contribution in [2.75, 3.05) is 15.8 Å². The van der Waals surface area contributed by atoms with Gasteiger partial charge in [-0.3, -0.25) is 18.9 Å². The molecule has 202 valence electrons. The molecule has 39 heavy (non-hydrogen) atoms. The number of hydrogen-bond acceptors (Lipinski definition) is 8. The molecule has 2 N–H and O–H groups in total. The summed E-state index contributed by atoms with van der Waals surface area (Å²) in [5, 5.41) is 11.3. The first-order valence-corrected chi connectivity index (χ1v) is 15.2. The number of rotatable bonds is 8. The molecule has 5 rings (SSSR count). The highest BCUT2D eigenvalue weighted by molar-refractivity contribution is 7.99. The second kappa shape index (κ2) is 11.7. The molecule has 1 fully saturated rings. The van der Waals surface area contributed by atoms with Gasteiger partial charge in [0, 0.05) is 11.7 Å². The molecule has 0 atom stereocenters. The van der Waals surface area contributed by atoms with Crippen LogP contribution in [0.5, 0.6) is 0 Å². The number of carbonyl (C=O) groups is 1. The molecule has 4 aromatic rings. The number of thioether (sulfide) groups is 1. The molecule has 1 aliphatic carbocycles. The third-order valence-corrected chi connectivity index (χ3v) is 8.89. The topological polar surface area (TPSA) is 136 Å². The molecular weight excluding hydrogens is 560 g/mol. The molecule has 0 spiro atoms. The van der Waals surface area contributed by atoms with E-state index in [1.165, 1.54) is 48.2 Å². The zero-order valence-electron chi connectivity index (χ0n) is 20.7. The van der Waals surface area contributed by atoms with E-state index in [9.17, 15) is 18.0 Å². The molecular formula is C26H25ClN6O4S2. The number of benzene rings is 2. The average molecular weight is 585 g/mol. The molecule has 2 heterocycles. The maximum Gasteiger partial charge on any atom is 0.263 e. The number of anilines is 2. The van der Waals surface area contributed by atoms with Crippen molar-refractivity contribution in [2.24, 2.45) is 0 Å². The van der Waals surface area contributed by atoms with E-state index < -0.39 is 10.0 Å². The van der Waals surface area contributed by atoms with Crippen molar-refractivity contribution in [3.8, 4) is 0 Å². The molecule has 1 saturated carbocycles. The van der Waals surface area contributed by atoms with Crippen LogP contribution in [0.2, 0.25) is 5.15 Å². The lowest BCUT2D eigenvalue weighted by molar-refractivity contribution is -0.113. The predicted octanol–water partition coefficient (Wildman–Crippen LogP) is 4.88. The molecule has 0 saturated heterocycles. The Morgan fingerprint density at radius 1 is 1.00 bits per heavy atom. The molecule has 13 heteroatoms. The van der Waals surface area contributed by atoms with Gasteiger partial charge in [0.05, 0.1) is 21.6 Å². The molecule has 0 unspecified atom stereocenters. The highest BCUT2D eigenvalue weighted by atomic mass is 35.5. The molecule has 2 aromatic heterocycles. The Balaban J connectivity index is 1.27. The van der Waals surface area contributed by atoms with Crippen molar-refractivity contribution in [1.29, 1.82) is 0 Å². The first kappa shape index (κ1) is 27.1. The van der Waals surface area contributed by atoms with E-state index in [-0.39, 0.29) is 39.1 Å². The van der Waals surface area contributed by atoms with E-state index in [2.05, 4.69) is 20.2 Å². The number of sulfonamides is 1. The zero-order chi connectivity index (χ0) is 27.4. The van der Waals surface area contributed by atoms with Crippen molar-refractivity contribution >= 4 is 61.7 Å². The second-order valence-electron chi connectivity index (χ2n) is 9.09. The lowest BCUT2D eigenvalue weighted by Crippen LogP contribution is -2.29. The van der Waals surface area contributed by atoms with Crippen molar-refractivity contribution in [3.05, 3.63) is 76.2 Å². The van der Waals surface area contributed by atoms with Gasteiger partial charge in [0.1, 0.15) is 0 Å². The maximum atomic E-state index is 13.4. The third kappa shape index (κ3) is 6.40. The summed E-state index contributed by atoms with van der Waals surface area (Å²) in [6, 6.07) is 15.9.